The van der Waals surface area contributed by atoms with Gasteiger partial charge in [-0.25, -0.2) is 4.98 Å². The molecule has 0 spiro atoms. The van der Waals surface area contributed by atoms with E-state index in [2.05, 4.69) is 28.5 Å². The van der Waals surface area contributed by atoms with E-state index < -0.39 is 0 Å². The van der Waals surface area contributed by atoms with E-state index in [1.54, 1.807) is 0 Å². The third kappa shape index (κ3) is 3.55. The van der Waals surface area contributed by atoms with E-state index in [0.29, 0.717) is 5.89 Å². The minimum atomic E-state index is 0.112. The Morgan fingerprint density at radius 2 is 2.32 bits per heavy atom. The fourth-order valence-electron chi connectivity index (χ4n) is 2.03. The second kappa shape index (κ2) is 6.35. The standard InChI is InChI=1S/C15H19N3O/c1-3-12(9-16)10-17-7-6-13-4-5-15-14(8-13)18-11(2)19-15/h4-5,8,12,17H,3,6-7,10H2,1-2H3. The van der Waals surface area contributed by atoms with E-state index >= 15 is 0 Å². The molecule has 0 bridgehead atoms. The number of hydrogen-bond donors (Lipinski definition) is 1. The first-order valence-corrected chi connectivity index (χ1v) is 6.69. The van der Waals surface area contributed by atoms with Crippen molar-refractivity contribution >= 4 is 11.1 Å². The van der Waals surface area contributed by atoms with Crippen LogP contribution >= 0.6 is 0 Å². The van der Waals surface area contributed by atoms with E-state index in [1.807, 2.05) is 19.9 Å². The maximum absolute atomic E-state index is 8.85. The number of hydrogen-bond acceptors (Lipinski definition) is 4. The molecule has 2 aromatic rings. The van der Waals surface area contributed by atoms with Gasteiger partial charge in [0.25, 0.3) is 0 Å². The maximum Gasteiger partial charge on any atom is 0.192 e. The molecule has 0 aliphatic carbocycles. The second-order valence-corrected chi connectivity index (χ2v) is 4.72. The summed E-state index contributed by atoms with van der Waals surface area (Å²) in [6.45, 7) is 5.53. The van der Waals surface area contributed by atoms with Crippen LogP contribution in [-0.4, -0.2) is 18.1 Å². The number of oxazole rings is 1. The molecule has 1 heterocycles. The molecule has 100 valence electrons. The van der Waals surface area contributed by atoms with Gasteiger partial charge in [0.1, 0.15) is 5.52 Å². The lowest BCUT2D eigenvalue weighted by Crippen LogP contribution is -2.23. The normalized spacial score (nSPS) is 12.5. The largest absolute Gasteiger partial charge is 0.441 e. The van der Waals surface area contributed by atoms with Gasteiger partial charge in [-0.3, -0.25) is 0 Å². The molecule has 0 amide bonds. The molecule has 1 N–H and O–H groups in total. The highest BCUT2D eigenvalue weighted by Crippen LogP contribution is 2.16. The quantitative estimate of drug-likeness (QED) is 0.808. The van der Waals surface area contributed by atoms with E-state index in [9.17, 15) is 0 Å². The minimum Gasteiger partial charge on any atom is -0.441 e. The summed E-state index contributed by atoms with van der Waals surface area (Å²) in [7, 11) is 0. The van der Waals surface area contributed by atoms with Crippen molar-refractivity contribution in [3.05, 3.63) is 29.7 Å². The van der Waals surface area contributed by atoms with Crippen LogP contribution in [0.3, 0.4) is 0 Å². The van der Waals surface area contributed by atoms with Gasteiger partial charge in [-0.2, -0.15) is 5.26 Å². The lowest BCUT2D eigenvalue weighted by molar-refractivity contribution is 0.554. The van der Waals surface area contributed by atoms with Crippen molar-refractivity contribution in [2.75, 3.05) is 13.1 Å². The van der Waals surface area contributed by atoms with Crippen molar-refractivity contribution in [2.45, 2.75) is 26.7 Å². The fraction of sp³-hybridized carbons (Fsp3) is 0.467. The molecule has 0 radical (unpaired) electrons. The summed E-state index contributed by atoms with van der Waals surface area (Å²) in [5.74, 6) is 0.811. The van der Waals surface area contributed by atoms with Crippen LogP contribution < -0.4 is 5.32 Å². The Balaban J connectivity index is 1.86. The Bertz CT molecular complexity index is 583. The smallest absolute Gasteiger partial charge is 0.192 e. The summed E-state index contributed by atoms with van der Waals surface area (Å²) in [5.41, 5.74) is 2.99. The van der Waals surface area contributed by atoms with Gasteiger partial charge in [-0.05, 0) is 37.1 Å². The molecular formula is C15H19N3O. The summed E-state index contributed by atoms with van der Waals surface area (Å²) in [4.78, 5) is 4.33. The molecular weight excluding hydrogens is 238 g/mol. The number of aryl methyl sites for hydroxylation is 1. The molecule has 0 saturated carbocycles. The highest BCUT2D eigenvalue weighted by molar-refractivity contribution is 5.73. The van der Waals surface area contributed by atoms with Gasteiger partial charge in [0.2, 0.25) is 0 Å². The predicted octanol–water partition coefficient (Wildman–Crippen LogP) is 2.82. The Labute approximate surface area is 113 Å². The first kappa shape index (κ1) is 13.6. The van der Waals surface area contributed by atoms with Crippen LogP contribution in [0.2, 0.25) is 0 Å². The van der Waals surface area contributed by atoms with Gasteiger partial charge >= 0.3 is 0 Å². The van der Waals surface area contributed by atoms with Crippen molar-refractivity contribution in [2.24, 2.45) is 5.92 Å². The number of fused-ring (bicyclic) bond motifs is 1. The number of aromatic nitrogens is 1. The van der Waals surface area contributed by atoms with E-state index in [0.717, 1.165) is 37.0 Å². The van der Waals surface area contributed by atoms with Crippen LogP contribution in [0.15, 0.2) is 22.6 Å². The Hall–Kier alpha value is -1.86. The first-order valence-electron chi connectivity index (χ1n) is 6.69. The Morgan fingerprint density at radius 1 is 1.47 bits per heavy atom. The van der Waals surface area contributed by atoms with Crippen molar-refractivity contribution in [3.8, 4) is 6.07 Å². The van der Waals surface area contributed by atoms with Crippen LogP contribution in [0.5, 0.6) is 0 Å². The van der Waals surface area contributed by atoms with Crippen LogP contribution in [0.1, 0.15) is 24.8 Å². The summed E-state index contributed by atoms with van der Waals surface area (Å²) < 4.78 is 5.45. The molecule has 0 saturated heterocycles. The molecule has 4 heteroatoms. The molecule has 1 atom stereocenters. The van der Waals surface area contributed by atoms with Gasteiger partial charge in [-0.15, -0.1) is 0 Å². The molecule has 0 aliphatic heterocycles. The van der Waals surface area contributed by atoms with Crippen LogP contribution in [0.25, 0.3) is 11.1 Å². The average molecular weight is 257 g/mol. The topological polar surface area (TPSA) is 61.9 Å². The van der Waals surface area contributed by atoms with Crippen molar-refractivity contribution in [1.82, 2.24) is 10.3 Å². The molecule has 2 rings (SSSR count). The summed E-state index contributed by atoms with van der Waals surface area (Å²) >= 11 is 0. The minimum absolute atomic E-state index is 0.112. The highest BCUT2D eigenvalue weighted by Gasteiger charge is 2.05. The third-order valence-corrected chi connectivity index (χ3v) is 3.22. The third-order valence-electron chi connectivity index (χ3n) is 3.22. The van der Waals surface area contributed by atoms with Crippen LogP contribution in [-0.2, 0) is 6.42 Å². The molecule has 19 heavy (non-hydrogen) atoms. The Morgan fingerprint density at radius 3 is 3.05 bits per heavy atom. The van der Waals surface area contributed by atoms with Gasteiger partial charge in [0.05, 0.1) is 12.0 Å². The van der Waals surface area contributed by atoms with Crippen LogP contribution in [0, 0.1) is 24.2 Å². The number of nitrogens with one attached hydrogen (secondary N) is 1. The molecule has 0 aliphatic rings. The predicted molar refractivity (Wildman–Crippen MR) is 74.7 cm³/mol. The summed E-state index contributed by atoms with van der Waals surface area (Å²) in [6.07, 6.45) is 1.83. The molecule has 1 unspecified atom stereocenters. The monoisotopic (exact) mass is 257 g/mol. The van der Waals surface area contributed by atoms with E-state index in [4.69, 9.17) is 9.68 Å². The van der Waals surface area contributed by atoms with Crippen molar-refractivity contribution in [3.63, 3.8) is 0 Å². The van der Waals surface area contributed by atoms with E-state index in [-0.39, 0.29) is 5.92 Å². The summed E-state index contributed by atoms with van der Waals surface area (Å²) in [6, 6.07) is 8.39. The highest BCUT2D eigenvalue weighted by atomic mass is 16.3. The number of rotatable bonds is 6. The molecule has 0 fully saturated rings. The lowest BCUT2D eigenvalue weighted by atomic mass is 10.1. The van der Waals surface area contributed by atoms with Gasteiger partial charge in [-0.1, -0.05) is 13.0 Å². The zero-order chi connectivity index (χ0) is 13.7. The zero-order valence-electron chi connectivity index (χ0n) is 11.4. The van der Waals surface area contributed by atoms with Gasteiger partial charge in [0, 0.05) is 13.5 Å². The fourth-order valence-corrected chi connectivity index (χ4v) is 2.03. The van der Waals surface area contributed by atoms with E-state index in [1.165, 1.54) is 5.56 Å². The first-order chi connectivity index (χ1) is 9.22. The SMILES string of the molecule is CCC(C#N)CNCCc1ccc2oc(C)nc2c1. The van der Waals surface area contributed by atoms with Crippen molar-refractivity contribution < 1.29 is 4.42 Å². The zero-order valence-corrected chi connectivity index (χ0v) is 11.4. The van der Waals surface area contributed by atoms with Gasteiger partial charge in [0.15, 0.2) is 11.5 Å². The summed E-state index contributed by atoms with van der Waals surface area (Å²) in [5, 5.41) is 12.2. The maximum atomic E-state index is 8.85. The second-order valence-electron chi connectivity index (χ2n) is 4.72. The van der Waals surface area contributed by atoms with Crippen molar-refractivity contribution in [1.29, 1.82) is 5.26 Å². The lowest BCUT2D eigenvalue weighted by Gasteiger charge is -2.07. The Kier molecular flexibility index (Phi) is 4.53. The average Bonchev–Trinajstić information content (AvgIpc) is 2.78. The number of nitriles is 1. The molecule has 4 nitrogen and oxygen atoms in total. The van der Waals surface area contributed by atoms with Crippen LogP contribution in [0.4, 0.5) is 0 Å². The number of benzene rings is 1. The molecule has 1 aromatic carbocycles. The molecule has 1 aromatic heterocycles. The van der Waals surface area contributed by atoms with Gasteiger partial charge < -0.3 is 9.73 Å². The number of nitrogens with zero attached hydrogens (tertiary/aromatic N) is 2.